The molecule has 0 saturated heterocycles. The van der Waals surface area contributed by atoms with Crippen LogP contribution in [-0.4, -0.2) is 23.5 Å². The Labute approximate surface area is 102 Å². The minimum absolute atomic E-state index is 0.241. The fourth-order valence-electron chi connectivity index (χ4n) is 2.50. The average molecular weight is 239 g/mol. The van der Waals surface area contributed by atoms with E-state index in [1.165, 1.54) is 0 Å². The number of oxime groups is 1. The first-order valence-electron chi connectivity index (χ1n) is 6.20. The Balaban J connectivity index is 2.83. The molecule has 0 heterocycles. The summed E-state index contributed by atoms with van der Waals surface area (Å²) in [7, 11) is 0. The molecule has 1 saturated carbocycles. The van der Waals surface area contributed by atoms with Gasteiger partial charge in [-0.25, -0.2) is 0 Å². The smallest absolute Gasteiger partial charge is 0.317 e. The van der Waals surface area contributed by atoms with Gasteiger partial charge in [-0.05, 0) is 45.4 Å². The molecule has 96 valence electrons. The Kier molecular flexibility index (Phi) is 5.19. The van der Waals surface area contributed by atoms with E-state index < -0.39 is 5.41 Å². The van der Waals surface area contributed by atoms with E-state index in [9.17, 15) is 4.79 Å². The molecule has 4 nitrogen and oxygen atoms in total. The molecule has 1 N–H and O–H groups in total. The van der Waals surface area contributed by atoms with Gasteiger partial charge in [-0.1, -0.05) is 11.2 Å². The van der Waals surface area contributed by atoms with Crippen LogP contribution < -0.4 is 0 Å². The summed E-state index contributed by atoms with van der Waals surface area (Å²) < 4.78 is 5.14. The largest absolute Gasteiger partial charge is 0.465 e. The summed E-state index contributed by atoms with van der Waals surface area (Å²) in [5.41, 5.74) is -0.103. The van der Waals surface area contributed by atoms with Crippen LogP contribution in [0.2, 0.25) is 0 Å². The van der Waals surface area contributed by atoms with E-state index in [0.717, 1.165) is 25.7 Å². The quantitative estimate of drug-likeness (QED) is 0.255. The summed E-state index contributed by atoms with van der Waals surface area (Å²) in [5, 5.41) is 12.3. The zero-order valence-electron chi connectivity index (χ0n) is 10.4. The van der Waals surface area contributed by atoms with Crippen molar-refractivity contribution in [2.24, 2.45) is 10.6 Å². The van der Waals surface area contributed by atoms with Crippen LogP contribution in [0, 0.1) is 5.41 Å². The van der Waals surface area contributed by atoms with Crippen LogP contribution in [0.5, 0.6) is 0 Å². The number of nitrogens with zero attached hydrogens (tertiary/aromatic N) is 1. The van der Waals surface area contributed by atoms with Gasteiger partial charge in [0.2, 0.25) is 0 Å². The lowest BCUT2D eigenvalue weighted by atomic mass is 9.79. The molecule has 1 fully saturated rings. The highest BCUT2D eigenvalue weighted by Gasteiger charge is 2.47. The van der Waals surface area contributed by atoms with Crippen LogP contribution in [0.4, 0.5) is 0 Å². The molecule has 1 unspecified atom stereocenters. The maximum Gasteiger partial charge on any atom is 0.317 e. The lowest BCUT2D eigenvalue weighted by Crippen LogP contribution is -2.37. The van der Waals surface area contributed by atoms with Gasteiger partial charge in [-0.15, -0.1) is 6.58 Å². The molecule has 0 aromatic rings. The second-order valence-corrected chi connectivity index (χ2v) is 4.38. The predicted molar refractivity (Wildman–Crippen MR) is 66.2 cm³/mol. The van der Waals surface area contributed by atoms with Gasteiger partial charge in [0, 0.05) is 0 Å². The van der Waals surface area contributed by atoms with Crippen LogP contribution in [-0.2, 0) is 9.53 Å². The minimum Gasteiger partial charge on any atom is -0.465 e. The number of hydrogen-bond acceptors (Lipinski definition) is 4. The van der Waals surface area contributed by atoms with Gasteiger partial charge < -0.3 is 9.94 Å². The molecular formula is C13H21NO3. The average Bonchev–Trinajstić information content (AvgIpc) is 2.74. The van der Waals surface area contributed by atoms with Gasteiger partial charge in [-0.2, -0.15) is 0 Å². The third kappa shape index (κ3) is 2.87. The van der Waals surface area contributed by atoms with Crippen molar-refractivity contribution < 1.29 is 14.7 Å². The third-order valence-corrected chi connectivity index (χ3v) is 3.37. The summed E-state index contributed by atoms with van der Waals surface area (Å²) in [6.45, 7) is 5.83. The van der Waals surface area contributed by atoms with Gasteiger partial charge in [0.1, 0.15) is 5.41 Å². The molecule has 1 aliphatic rings. The number of allylic oxidation sites excluding steroid dienone is 1. The van der Waals surface area contributed by atoms with Crippen molar-refractivity contribution in [2.75, 3.05) is 6.61 Å². The van der Waals surface area contributed by atoms with Crippen molar-refractivity contribution in [1.82, 2.24) is 0 Å². The number of rotatable bonds is 6. The van der Waals surface area contributed by atoms with Crippen LogP contribution in [0.3, 0.4) is 0 Å². The van der Waals surface area contributed by atoms with E-state index in [4.69, 9.17) is 9.94 Å². The summed E-state index contributed by atoms with van der Waals surface area (Å²) in [6, 6.07) is 0. The van der Waals surface area contributed by atoms with Crippen LogP contribution in [0.25, 0.3) is 0 Å². The number of hydrogen-bond donors (Lipinski definition) is 1. The Morgan fingerprint density at radius 2 is 2.47 bits per heavy atom. The lowest BCUT2D eigenvalue weighted by molar-refractivity contribution is -0.151. The first kappa shape index (κ1) is 13.7. The fourth-order valence-corrected chi connectivity index (χ4v) is 2.50. The van der Waals surface area contributed by atoms with Crippen molar-refractivity contribution in [1.29, 1.82) is 0 Å². The molecule has 0 aromatic heterocycles. The topological polar surface area (TPSA) is 58.9 Å². The van der Waals surface area contributed by atoms with Gasteiger partial charge >= 0.3 is 5.97 Å². The molecular weight excluding hydrogens is 218 g/mol. The molecule has 0 amide bonds. The number of carbonyl (C=O) groups excluding carboxylic acids is 1. The molecule has 0 aliphatic heterocycles. The number of unbranched alkanes of at least 4 members (excludes halogenated alkanes) is 1. The van der Waals surface area contributed by atoms with Crippen molar-refractivity contribution in [3.05, 3.63) is 12.7 Å². The van der Waals surface area contributed by atoms with Crippen molar-refractivity contribution in [3.63, 3.8) is 0 Å². The van der Waals surface area contributed by atoms with Gasteiger partial charge in [0.25, 0.3) is 0 Å². The monoisotopic (exact) mass is 239 g/mol. The van der Waals surface area contributed by atoms with E-state index in [-0.39, 0.29) is 5.97 Å². The second-order valence-electron chi connectivity index (χ2n) is 4.38. The Morgan fingerprint density at radius 1 is 1.71 bits per heavy atom. The van der Waals surface area contributed by atoms with E-state index in [1.54, 1.807) is 6.92 Å². The molecule has 0 radical (unpaired) electrons. The molecule has 4 heteroatoms. The molecule has 0 aromatic carbocycles. The molecule has 0 bridgehead atoms. The van der Waals surface area contributed by atoms with Crippen LogP contribution in [0.15, 0.2) is 17.8 Å². The molecule has 1 aliphatic carbocycles. The Morgan fingerprint density at radius 3 is 3.06 bits per heavy atom. The Bertz CT molecular complexity index is 312. The zero-order valence-corrected chi connectivity index (χ0v) is 10.4. The summed E-state index contributed by atoms with van der Waals surface area (Å²) in [6.07, 6.45) is 6.53. The first-order valence-corrected chi connectivity index (χ1v) is 6.20. The van der Waals surface area contributed by atoms with Gasteiger partial charge in [0.05, 0.1) is 12.3 Å². The Hall–Kier alpha value is -1.32. The highest BCUT2D eigenvalue weighted by atomic mass is 16.5. The third-order valence-electron chi connectivity index (χ3n) is 3.37. The van der Waals surface area contributed by atoms with Crippen LogP contribution >= 0.6 is 0 Å². The minimum atomic E-state index is -0.687. The summed E-state index contributed by atoms with van der Waals surface area (Å²) in [4.78, 5) is 12.1. The zero-order chi connectivity index (χ0) is 12.7. The van der Waals surface area contributed by atoms with E-state index >= 15 is 0 Å². The number of ether oxygens (including phenoxy) is 1. The van der Waals surface area contributed by atoms with E-state index in [1.807, 2.05) is 6.08 Å². The molecule has 0 spiro atoms. The van der Waals surface area contributed by atoms with Gasteiger partial charge in [-0.3, -0.25) is 4.79 Å². The highest BCUT2D eigenvalue weighted by molar-refractivity contribution is 6.07. The SMILES string of the molecule is C=CCCCC1(C(=O)OCC)CCC/C1=N\O. The predicted octanol–water partition coefficient (Wildman–Crippen LogP) is 2.91. The van der Waals surface area contributed by atoms with Crippen molar-refractivity contribution in [3.8, 4) is 0 Å². The lowest BCUT2D eigenvalue weighted by Gasteiger charge is -2.26. The normalized spacial score (nSPS) is 26.1. The molecule has 1 atom stereocenters. The summed E-state index contributed by atoms with van der Waals surface area (Å²) in [5.74, 6) is -0.241. The van der Waals surface area contributed by atoms with Crippen molar-refractivity contribution in [2.45, 2.75) is 45.4 Å². The van der Waals surface area contributed by atoms with Crippen LogP contribution in [0.1, 0.15) is 45.4 Å². The van der Waals surface area contributed by atoms with E-state index in [0.29, 0.717) is 25.2 Å². The standard InChI is InChI=1S/C13H21NO3/c1-3-5-6-9-13(12(15)17-4-2)10-7-8-11(13)14-16/h3,16H,1,4-10H2,2H3/b14-11+. The maximum absolute atomic E-state index is 12.1. The van der Waals surface area contributed by atoms with E-state index in [2.05, 4.69) is 11.7 Å². The highest BCUT2D eigenvalue weighted by Crippen LogP contribution is 2.41. The molecule has 1 rings (SSSR count). The number of carbonyl (C=O) groups is 1. The van der Waals surface area contributed by atoms with Crippen molar-refractivity contribution >= 4 is 11.7 Å². The fraction of sp³-hybridized carbons (Fsp3) is 0.692. The number of esters is 1. The van der Waals surface area contributed by atoms with Gasteiger partial charge in [0.15, 0.2) is 0 Å². The molecule has 17 heavy (non-hydrogen) atoms. The first-order chi connectivity index (χ1) is 8.21. The summed E-state index contributed by atoms with van der Waals surface area (Å²) >= 11 is 0. The second kappa shape index (κ2) is 6.42. The maximum atomic E-state index is 12.1.